The molecule has 1 aliphatic rings. The van der Waals surface area contributed by atoms with E-state index in [-0.39, 0.29) is 0 Å². The Morgan fingerprint density at radius 1 is 1.39 bits per heavy atom. The minimum absolute atomic E-state index is 0.378. The number of hydrogen-bond donors (Lipinski definition) is 1. The van der Waals surface area contributed by atoms with Crippen molar-refractivity contribution in [1.82, 2.24) is 10.2 Å². The zero-order valence-corrected chi connectivity index (χ0v) is 12.1. The average molecular weight is 267 g/mol. The SMILES string of the molecule is C[C@@H](NCC1CCN(C)CC1)c1cccc(Cl)c1. The minimum Gasteiger partial charge on any atom is -0.310 e. The molecule has 0 bridgehead atoms. The van der Waals surface area contributed by atoms with Gasteiger partial charge in [0.2, 0.25) is 0 Å². The zero-order chi connectivity index (χ0) is 13.0. The number of piperidine rings is 1. The molecule has 0 saturated carbocycles. The Morgan fingerprint density at radius 2 is 2.11 bits per heavy atom. The van der Waals surface area contributed by atoms with Gasteiger partial charge in [-0.05, 0) is 70.1 Å². The van der Waals surface area contributed by atoms with E-state index in [0.717, 1.165) is 17.5 Å². The van der Waals surface area contributed by atoms with Gasteiger partial charge in [-0.1, -0.05) is 23.7 Å². The predicted octanol–water partition coefficient (Wildman–Crippen LogP) is 3.33. The Kier molecular flexibility index (Phi) is 5.04. The van der Waals surface area contributed by atoms with Gasteiger partial charge in [0.25, 0.3) is 0 Å². The fourth-order valence-electron chi connectivity index (χ4n) is 2.50. The van der Waals surface area contributed by atoms with Crippen LogP contribution in [-0.4, -0.2) is 31.6 Å². The molecule has 2 nitrogen and oxygen atoms in total. The molecule has 0 amide bonds. The molecule has 1 aromatic carbocycles. The Bertz CT molecular complexity index is 373. The number of rotatable bonds is 4. The summed E-state index contributed by atoms with van der Waals surface area (Å²) in [6.07, 6.45) is 2.62. The lowest BCUT2D eigenvalue weighted by Crippen LogP contribution is -2.35. The Morgan fingerprint density at radius 3 is 2.78 bits per heavy atom. The Hall–Kier alpha value is -0.570. The lowest BCUT2D eigenvalue weighted by atomic mass is 9.96. The Balaban J connectivity index is 1.79. The second kappa shape index (κ2) is 6.55. The smallest absolute Gasteiger partial charge is 0.0409 e. The van der Waals surface area contributed by atoms with Gasteiger partial charge in [-0.3, -0.25) is 0 Å². The van der Waals surface area contributed by atoms with E-state index in [9.17, 15) is 0 Å². The largest absolute Gasteiger partial charge is 0.310 e. The molecule has 1 aliphatic heterocycles. The van der Waals surface area contributed by atoms with E-state index < -0.39 is 0 Å². The maximum absolute atomic E-state index is 6.02. The molecule has 0 aliphatic carbocycles. The van der Waals surface area contributed by atoms with Crippen LogP contribution >= 0.6 is 11.6 Å². The van der Waals surface area contributed by atoms with Crippen LogP contribution in [0.4, 0.5) is 0 Å². The van der Waals surface area contributed by atoms with Gasteiger partial charge in [0.1, 0.15) is 0 Å². The van der Waals surface area contributed by atoms with E-state index in [1.54, 1.807) is 0 Å². The third-order valence-electron chi connectivity index (χ3n) is 3.90. The van der Waals surface area contributed by atoms with E-state index in [1.165, 1.54) is 31.5 Å². The van der Waals surface area contributed by atoms with Crippen LogP contribution in [-0.2, 0) is 0 Å². The summed E-state index contributed by atoms with van der Waals surface area (Å²) in [6.45, 7) is 5.79. The molecule has 0 aromatic heterocycles. The van der Waals surface area contributed by atoms with Crippen LogP contribution in [0.5, 0.6) is 0 Å². The molecule has 18 heavy (non-hydrogen) atoms. The van der Waals surface area contributed by atoms with Crippen molar-refractivity contribution >= 4 is 11.6 Å². The van der Waals surface area contributed by atoms with E-state index >= 15 is 0 Å². The molecule has 1 N–H and O–H groups in total. The van der Waals surface area contributed by atoms with Crippen molar-refractivity contribution in [1.29, 1.82) is 0 Å². The summed E-state index contributed by atoms with van der Waals surface area (Å²) in [7, 11) is 2.21. The third kappa shape index (κ3) is 3.98. The maximum Gasteiger partial charge on any atom is 0.0409 e. The highest BCUT2D eigenvalue weighted by atomic mass is 35.5. The van der Waals surface area contributed by atoms with Gasteiger partial charge in [-0.25, -0.2) is 0 Å². The number of nitrogens with one attached hydrogen (secondary N) is 1. The quantitative estimate of drug-likeness (QED) is 0.899. The first kappa shape index (κ1) is 13.9. The normalized spacial score (nSPS) is 19.9. The highest BCUT2D eigenvalue weighted by molar-refractivity contribution is 6.30. The van der Waals surface area contributed by atoms with Gasteiger partial charge in [-0.15, -0.1) is 0 Å². The molecule has 1 atom stereocenters. The number of benzene rings is 1. The summed E-state index contributed by atoms with van der Waals surface area (Å²) in [4.78, 5) is 2.41. The molecule has 1 saturated heterocycles. The summed E-state index contributed by atoms with van der Waals surface area (Å²) in [5.41, 5.74) is 1.27. The summed E-state index contributed by atoms with van der Waals surface area (Å²) in [6, 6.07) is 8.51. The number of hydrogen-bond acceptors (Lipinski definition) is 2. The van der Waals surface area contributed by atoms with Crippen molar-refractivity contribution in [3.63, 3.8) is 0 Å². The summed E-state index contributed by atoms with van der Waals surface area (Å²) >= 11 is 6.02. The van der Waals surface area contributed by atoms with Gasteiger partial charge < -0.3 is 10.2 Å². The van der Waals surface area contributed by atoms with E-state index in [1.807, 2.05) is 18.2 Å². The van der Waals surface area contributed by atoms with E-state index in [2.05, 4.69) is 30.3 Å². The molecule has 1 heterocycles. The van der Waals surface area contributed by atoms with Gasteiger partial charge in [0, 0.05) is 11.1 Å². The Labute approximate surface area is 115 Å². The molecule has 2 rings (SSSR count). The van der Waals surface area contributed by atoms with Crippen LogP contribution in [0.2, 0.25) is 5.02 Å². The lowest BCUT2D eigenvalue weighted by molar-refractivity contribution is 0.213. The molecule has 1 fully saturated rings. The molecule has 100 valence electrons. The van der Waals surface area contributed by atoms with Crippen LogP contribution in [0.25, 0.3) is 0 Å². The maximum atomic E-state index is 6.02. The standard InChI is InChI=1S/C15H23ClN2/c1-12(14-4-3-5-15(16)10-14)17-11-13-6-8-18(2)9-7-13/h3-5,10,12-13,17H,6-9,11H2,1-2H3/t12-/m1/s1. The van der Waals surface area contributed by atoms with Crippen LogP contribution < -0.4 is 5.32 Å². The van der Waals surface area contributed by atoms with E-state index in [4.69, 9.17) is 11.6 Å². The van der Waals surface area contributed by atoms with Crippen molar-refractivity contribution in [2.75, 3.05) is 26.7 Å². The molecule has 0 radical (unpaired) electrons. The first-order chi connectivity index (χ1) is 8.65. The van der Waals surface area contributed by atoms with Crippen molar-refractivity contribution in [3.05, 3.63) is 34.9 Å². The van der Waals surface area contributed by atoms with Crippen molar-refractivity contribution < 1.29 is 0 Å². The van der Waals surface area contributed by atoms with Crippen molar-refractivity contribution in [3.8, 4) is 0 Å². The topological polar surface area (TPSA) is 15.3 Å². The van der Waals surface area contributed by atoms with Gasteiger partial charge in [0.05, 0.1) is 0 Å². The fraction of sp³-hybridized carbons (Fsp3) is 0.600. The summed E-state index contributed by atoms with van der Waals surface area (Å²) in [5.74, 6) is 0.822. The van der Waals surface area contributed by atoms with Gasteiger partial charge in [0.15, 0.2) is 0 Å². The minimum atomic E-state index is 0.378. The molecule has 0 spiro atoms. The predicted molar refractivity (Wildman–Crippen MR) is 78.1 cm³/mol. The van der Waals surface area contributed by atoms with Gasteiger partial charge in [-0.2, -0.15) is 0 Å². The molecule has 1 aromatic rings. The highest BCUT2D eigenvalue weighted by Gasteiger charge is 2.17. The second-order valence-electron chi connectivity index (χ2n) is 5.43. The molecule has 3 heteroatoms. The lowest BCUT2D eigenvalue weighted by Gasteiger charge is -2.30. The second-order valence-corrected chi connectivity index (χ2v) is 5.87. The summed E-state index contributed by atoms with van der Waals surface area (Å²) < 4.78 is 0. The first-order valence-electron chi connectivity index (χ1n) is 6.82. The number of halogens is 1. The summed E-state index contributed by atoms with van der Waals surface area (Å²) in [5, 5.41) is 4.45. The number of nitrogens with zero attached hydrogens (tertiary/aromatic N) is 1. The van der Waals surface area contributed by atoms with Crippen molar-refractivity contribution in [2.24, 2.45) is 5.92 Å². The monoisotopic (exact) mass is 266 g/mol. The number of likely N-dealkylation sites (tertiary alicyclic amines) is 1. The van der Waals surface area contributed by atoms with Crippen molar-refractivity contribution in [2.45, 2.75) is 25.8 Å². The van der Waals surface area contributed by atoms with Crippen LogP contribution in [0.3, 0.4) is 0 Å². The van der Waals surface area contributed by atoms with Crippen LogP contribution in [0.1, 0.15) is 31.4 Å². The average Bonchev–Trinajstić information content (AvgIpc) is 2.38. The molecular weight excluding hydrogens is 244 g/mol. The highest BCUT2D eigenvalue weighted by Crippen LogP contribution is 2.19. The van der Waals surface area contributed by atoms with Crippen LogP contribution in [0.15, 0.2) is 24.3 Å². The van der Waals surface area contributed by atoms with Crippen LogP contribution in [0, 0.1) is 5.92 Å². The first-order valence-corrected chi connectivity index (χ1v) is 7.20. The van der Waals surface area contributed by atoms with E-state index in [0.29, 0.717) is 6.04 Å². The molecular formula is C15H23ClN2. The fourth-order valence-corrected chi connectivity index (χ4v) is 2.70. The third-order valence-corrected chi connectivity index (χ3v) is 4.13. The zero-order valence-electron chi connectivity index (χ0n) is 11.3. The molecule has 0 unspecified atom stereocenters. The van der Waals surface area contributed by atoms with Gasteiger partial charge >= 0.3 is 0 Å².